The zero-order chi connectivity index (χ0) is 24.8. The van der Waals surface area contributed by atoms with Gasteiger partial charge in [0, 0.05) is 36.7 Å². The lowest BCUT2D eigenvalue weighted by Gasteiger charge is -2.41. The number of allylic oxidation sites excluding steroid dienone is 1. The van der Waals surface area contributed by atoms with Crippen LogP contribution in [0.2, 0.25) is 0 Å². The van der Waals surface area contributed by atoms with Crippen molar-refractivity contribution < 1.29 is 27.6 Å². The molecule has 0 radical (unpaired) electrons. The Labute approximate surface area is 193 Å². The molecule has 2 aromatic carbocycles. The number of halogens is 3. The van der Waals surface area contributed by atoms with Crippen molar-refractivity contribution in [2.75, 3.05) is 11.9 Å². The Balaban J connectivity index is 1.92. The number of amides is 2. The van der Waals surface area contributed by atoms with Crippen molar-refractivity contribution in [3.05, 3.63) is 76.0 Å². The fourth-order valence-corrected chi connectivity index (χ4v) is 4.53. The molecule has 1 aliphatic heterocycles. The molecule has 0 spiro atoms. The molecular formula is C25H20F3N3O3. The summed E-state index contributed by atoms with van der Waals surface area (Å²) in [7, 11) is 1.45. The Morgan fingerprint density at radius 1 is 1.15 bits per heavy atom. The molecule has 174 valence electrons. The number of rotatable bonds is 4. The van der Waals surface area contributed by atoms with Crippen molar-refractivity contribution in [1.29, 1.82) is 5.26 Å². The summed E-state index contributed by atoms with van der Waals surface area (Å²) in [5, 5.41) is 9.27. The number of hydrogen-bond donors (Lipinski definition) is 0. The number of anilines is 1. The fourth-order valence-electron chi connectivity index (χ4n) is 4.53. The van der Waals surface area contributed by atoms with Crippen molar-refractivity contribution in [3.63, 3.8) is 0 Å². The van der Waals surface area contributed by atoms with E-state index < -0.39 is 23.8 Å². The van der Waals surface area contributed by atoms with Gasteiger partial charge in [0.25, 0.3) is 0 Å². The van der Waals surface area contributed by atoms with E-state index in [-0.39, 0.29) is 53.2 Å². The smallest absolute Gasteiger partial charge is 0.316 e. The van der Waals surface area contributed by atoms with Crippen LogP contribution in [0, 0.1) is 11.3 Å². The summed E-state index contributed by atoms with van der Waals surface area (Å²) in [4.78, 5) is 41.6. The summed E-state index contributed by atoms with van der Waals surface area (Å²) in [5.74, 6) is -0.489. The third-order valence-electron chi connectivity index (χ3n) is 6.15. The van der Waals surface area contributed by atoms with Crippen molar-refractivity contribution in [2.45, 2.75) is 38.4 Å². The van der Waals surface area contributed by atoms with Gasteiger partial charge in [-0.1, -0.05) is 19.1 Å². The van der Waals surface area contributed by atoms with Crippen LogP contribution in [0.15, 0.2) is 53.7 Å². The molecule has 34 heavy (non-hydrogen) atoms. The largest absolute Gasteiger partial charge is 0.416 e. The van der Waals surface area contributed by atoms with Gasteiger partial charge in [-0.05, 0) is 42.3 Å². The number of nitriles is 1. The van der Waals surface area contributed by atoms with Gasteiger partial charge in [0.2, 0.25) is 0 Å². The van der Waals surface area contributed by atoms with Crippen LogP contribution < -0.4 is 4.90 Å². The van der Waals surface area contributed by atoms with E-state index in [9.17, 15) is 32.8 Å². The first-order valence-electron chi connectivity index (χ1n) is 10.7. The van der Waals surface area contributed by atoms with Crippen LogP contribution in [-0.2, 0) is 11.0 Å². The topological polar surface area (TPSA) is 81.5 Å². The maximum atomic E-state index is 13.5. The number of likely N-dealkylation sites (N-methyl/N-ethyl adjacent to an activating group) is 1. The summed E-state index contributed by atoms with van der Waals surface area (Å²) >= 11 is 0. The molecular weight excluding hydrogens is 447 g/mol. The molecule has 0 aromatic heterocycles. The average molecular weight is 467 g/mol. The Bertz CT molecular complexity index is 1290. The van der Waals surface area contributed by atoms with Gasteiger partial charge in [-0.2, -0.15) is 18.4 Å². The highest BCUT2D eigenvalue weighted by atomic mass is 19.4. The van der Waals surface area contributed by atoms with Crippen LogP contribution in [0.5, 0.6) is 0 Å². The molecule has 0 N–H and O–H groups in total. The Morgan fingerprint density at radius 3 is 2.53 bits per heavy atom. The molecule has 0 saturated heterocycles. The van der Waals surface area contributed by atoms with E-state index in [2.05, 4.69) is 0 Å². The van der Waals surface area contributed by atoms with Crippen molar-refractivity contribution in [1.82, 2.24) is 4.90 Å². The molecule has 6 nitrogen and oxygen atoms in total. The summed E-state index contributed by atoms with van der Waals surface area (Å²) in [6.45, 7) is 1.67. The van der Waals surface area contributed by atoms with Gasteiger partial charge >= 0.3 is 12.2 Å². The quantitative estimate of drug-likeness (QED) is 0.564. The number of ketones is 2. The lowest BCUT2D eigenvalue weighted by atomic mass is 9.87. The maximum Gasteiger partial charge on any atom is 0.416 e. The predicted molar refractivity (Wildman–Crippen MR) is 117 cm³/mol. The van der Waals surface area contributed by atoms with Gasteiger partial charge < -0.3 is 4.90 Å². The summed E-state index contributed by atoms with van der Waals surface area (Å²) in [6, 6.07) is 9.40. The van der Waals surface area contributed by atoms with E-state index in [0.29, 0.717) is 11.3 Å². The molecule has 2 amide bonds. The molecule has 0 saturated carbocycles. The standard InChI is InChI=1S/C25H20F3N3O3/c1-3-20(32)18-11-14(13-29)7-8-17(18)23-22-19(9-10-21(22)33)31(24(34)30(23)2)16-6-4-5-15(12-16)25(26,27)28/h4-8,11-12,23H,3,9-10H2,1-2H3/t23-/m1/s1. The normalized spacial score (nSPS) is 18.3. The Morgan fingerprint density at radius 2 is 1.88 bits per heavy atom. The fraction of sp³-hybridized carbons (Fsp3) is 0.280. The molecule has 0 bridgehead atoms. The van der Waals surface area contributed by atoms with E-state index in [4.69, 9.17) is 0 Å². The predicted octanol–water partition coefficient (Wildman–Crippen LogP) is 5.40. The third-order valence-corrected chi connectivity index (χ3v) is 6.15. The molecule has 2 aromatic rings. The van der Waals surface area contributed by atoms with E-state index in [1.807, 2.05) is 6.07 Å². The number of carbonyl (C=O) groups excluding carboxylic acids is 3. The monoisotopic (exact) mass is 467 g/mol. The highest BCUT2D eigenvalue weighted by Gasteiger charge is 2.45. The van der Waals surface area contributed by atoms with Crippen LogP contribution in [0.3, 0.4) is 0 Å². The van der Waals surface area contributed by atoms with Crippen LogP contribution in [-0.4, -0.2) is 29.5 Å². The molecule has 0 fully saturated rings. The molecule has 1 aliphatic carbocycles. The van der Waals surface area contributed by atoms with Crippen LogP contribution in [0.1, 0.15) is 59.3 Å². The number of urea groups is 1. The molecule has 0 unspecified atom stereocenters. The van der Waals surface area contributed by atoms with Gasteiger partial charge in [0.15, 0.2) is 11.6 Å². The number of hydrogen-bond acceptors (Lipinski definition) is 4. The SMILES string of the molecule is CCC(=O)c1cc(C#N)ccc1[C@@H]1C2=C(CCC2=O)N(c2cccc(C(F)(F)F)c2)C(=O)N1C. The third kappa shape index (κ3) is 3.75. The number of carbonyl (C=O) groups is 3. The highest BCUT2D eigenvalue weighted by Crippen LogP contribution is 2.45. The number of nitrogens with zero attached hydrogens (tertiary/aromatic N) is 3. The molecule has 1 atom stereocenters. The second kappa shape index (κ2) is 8.45. The summed E-state index contributed by atoms with van der Waals surface area (Å²) in [6.07, 6.45) is -4.15. The van der Waals surface area contributed by atoms with Crippen LogP contribution in [0.25, 0.3) is 0 Å². The van der Waals surface area contributed by atoms with E-state index in [0.717, 1.165) is 17.0 Å². The maximum absolute atomic E-state index is 13.5. The van der Waals surface area contributed by atoms with Gasteiger partial charge in [-0.25, -0.2) is 4.79 Å². The first kappa shape index (κ1) is 23.2. The van der Waals surface area contributed by atoms with E-state index >= 15 is 0 Å². The molecule has 2 aliphatic rings. The minimum atomic E-state index is -4.59. The van der Waals surface area contributed by atoms with Crippen LogP contribution in [0.4, 0.5) is 23.7 Å². The second-order valence-corrected chi connectivity index (χ2v) is 8.15. The first-order chi connectivity index (χ1) is 16.1. The van der Waals surface area contributed by atoms with E-state index in [1.54, 1.807) is 13.0 Å². The van der Waals surface area contributed by atoms with Crippen molar-refractivity contribution >= 4 is 23.3 Å². The average Bonchev–Trinajstić information content (AvgIpc) is 3.19. The van der Waals surface area contributed by atoms with Gasteiger partial charge in [-0.15, -0.1) is 0 Å². The lowest BCUT2D eigenvalue weighted by Crippen LogP contribution is -2.48. The molecule has 9 heteroatoms. The zero-order valence-corrected chi connectivity index (χ0v) is 18.4. The van der Waals surface area contributed by atoms with Crippen molar-refractivity contribution in [3.8, 4) is 6.07 Å². The lowest BCUT2D eigenvalue weighted by molar-refractivity contribution is -0.137. The Kier molecular flexibility index (Phi) is 5.77. The highest BCUT2D eigenvalue weighted by molar-refractivity contribution is 6.09. The second-order valence-electron chi connectivity index (χ2n) is 8.15. The minimum absolute atomic E-state index is 0.0111. The summed E-state index contributed by atoms with van der Waals surface area (Å²) < 4.78 is 39.9. The molecule has 1 heterocycles. The van der Waals surface area contributed by atoms with Crippen LogP contribution >= 0.6 is 0 Å². The first-order valence-corrected chi connectivity index (χ1v) is 10.7. The zero-order valence-electron chi connectivity index (χ0n) is 18.4. The van der Waals surface area contributed by atoms with Gasteiger partial charge in [-0.3, -0.25) is 14.5 Å². The van der Waals surface area contributed by atoms with Gasteiger partial charge in [0.1, 0.15) is 0 Å². The van der Waals surface area contributed by atoms with Gasteiger partial charge in [0.05, 0.1) is 28.9 Å². The Hall–Kier alpha value is -3.93. The van der Waals surface area contributed by atoms with E-state index in [1.165, 1.54) is 36.2 Å². The number of benzene rings is 2. The molecule has 4 rings (SSSR count). The number of Topliss-reactive ketones (excluding diaryl/α,β-unsaturated/α-hetero) is 2. The van der Waals surface area contributed by atoms with Crippen molar-refractivity contribution in [2.24, 2.45) is 0 Å². The number of alkyl halides is 3. The summed E-state index contributed by atoms with van der Waals surface area (Å²) in [5.41, 5.74) is 0.626. The minimum Gasteiger partial charge on any atom is -0.316 e.